The Hall–Kier alpha value is -0.800. The Kier molecular flexibility index (Phi) is 6.18. The van der Waals surface area contributed by atoms with Crippen molar-refractivity contribution in [3.8, 4) is 0 Å². The maximum atomic E-state index is 12.2. The van der Waals surface area contributed by atoms with E-state index in [0.29, 0.717) is 12.5 Å². The zero-order valence-electron chi connectivity index (χ0n) is 14.9. The molecule has 3 rings (SSSR count). The monoisotopic (exact) mass is 403 g/mol. The van der Waals surface area contributed by atoms with Crippen LogP contribution in [0.25, 0.3) is 0 Å². The van der Waals surface area contributed by atoms with Gasteiger partial charge < -0.3 is 25.7 Å². The van der Waals surface area contributed by atoms with Crippen LogP contribution in [0, 0.1) is 5.92 Å². The molecule has 0 aromatic carbocycles. The van der Waals surface area contributed by atoms with Crippen LogP contribution < -0.4 is 10.6 Å². The van der Waals surface area contributed by atoms with Gasteiger partial charge in [-0.3, -0.25) is 4.79 Å². The first kappa shape index (κ1) is 19.9. The Balaban J connectivity index is 1.59. The molecule has 1 unspecified atom stereocenters. The number of carboxylic acid groups (broad SMARTS) is 1. The lowest BCUT2D eigenvalue weighted by Gasteiger charge is -2.44. The van der Waals surface area contributed by atoms with Crippen molar-refractivity contribution >= 4 is 35.2 Å². The van der Waals surface area contributed by atoms with Crippen molar-refractivity contribution < 1.29 is 19.8 Å². The maximum absolute atomic E-state index is 12.2. The number of carboxylic acids is 1. The summed E-state index contributed by atoms with van der Waals surface area (Å²) in [6, 6.07) is 0.172. The first-order chi connectivity index (χ1) is 12.3. The number of aliphatic carboxylic acids is 1. The average Bonchev–Trinajstić information content (AvgIpc) is 3.09. The summed E-state index contributed by atoms with van der Waals surface area (Å²) in [5.74, 6) is -1.82. The third-order valence-electron chi connectivity index (χ3n) is 5.30. The summed E-state index contributed by atoms with van der Waals surface area (Å²) in [4.78, 5) is 26.1. The van der Waals surface area contributed by atoms with E-state index in [9.17, 15) is 19.8 Å². The van der Waals surface area contributed by atoms with Gasteiger partial charge in [0.1, 0.15) is 5.70 Å². The first-order valence-electron chi connectivity index (χ1n) is 9.04. The molecule has 3 aliphatic rings. The highest BCUT2D eigenvalue weighted by Crippen LogP contribution is 2.48. The van der Waals surface area contributed by atoms with Gasteiger partial charge in [-0.2, -0.15) is 0 Å². The molecule has 4 N–H and O–H groups in total. The van der Waals surface area contributed by atoms with Crippen LogP contribution in [-0.2, 0) is 9.59 Å². The molecule has 0 radical (unpaired) electrons. The van der Waals surface area contributed by atoms with E-state index < -0.39 is 18.0 Å². The Bertz CT molecular complexity index is 613. The van der Waals surface area contributed by atoms with E-state index in [1.54, 1.807) is 18.7 Å². The van der Waals surface area contributed by atoms with Crippen molar-refractivity contribution in [1.82, 2.24) is 15.5 Å². The number of fused-ring (bicyclic) bond motifs is 1. The number of hydrogen-bond acceptors (Lipinski definition) is 6. The van der Waals surface area contributed by atoms with Gasteiger partial charge in [0, 0.05) is 29.2 Å². The summed E-state index contributed by atoms with van der Waals surface area (Å²) < 4.78 is 0. The molecule has 0 saturated carbocycles. The molecule has 6 atom stereocenters. The number of alkyl halides is 1. The highest BCUT2D eigenvalue weighted by atomic mass is 35.5. The third-order valence-corrected chi connectivity index (χ3v) is 6.79. The standard InChI is InChI=1S/C17H26ClN3O4S/c1-8(22)14-12-6-13(15(17(24)25)21(12)16(14)23)26-11-5-10(20-7-11)3-4-19-9(2)18/h8-12,14,19-20,22H,3-7H2,1-2H3,(H,24,25)/t8-,9?,10+,11+,12-,14-/m1/s1. The SMILES string of the molecule is CC(Cl)NCC[C@H]1C[C@H](SC2=C(C(=O)O)N3C(=O)[C@H]([C@@H](C)O)[C@H]3C2)CN1. The number of β-lactam (4-membered cyclic amide) rings is 1. The van der Waals surface area contributed by atoms with Gasteiger partial charge in [-0.15, -0.1) is 23.4 Å². The smallest absolute Gasteiger partial charge is 0.353 e. The predicted molar refractivity (Wildman–Crippen MR) is 101 cm³/mol. The van der Waals surface area contributed by atoms with Gasteiger partial charge in [0.2, 0.25) is 5.91 Å². The van der Waals surface area contributed by atoms with E-state index in [2.05, 4.69) is 10.6 Å². The second kappa shape index (κ2) is 8.06. The zero-order chi connectivity index (χ0) is 19.0. The van der Waals surface area contributed by atoms with Crippen molar-refractivity contribution in [2.45, 2.75) is 62.0 Å². The van der Waals surface area contributed by atoms with E-state index in [0.717, 1.165) is 30.8 Å². The van der Waals surface area contributed by atoms with Crippen LogP contribution in [0.3, 0.4) is 0 Å². The number of aliphatic hydroxyl groups excluding tert-OH is 1. The molecule has 0 aromatic rings. The van der Waals surface area contributed by atoms with Gasteiger partial charge in [-0.05, 0) is 33.2 Å². The number of carbonyl (C=O) groups excluding carboxylic acids is 1. The lowest BCUT2D eigenvalue weighted by molar-refractivity contribution is -0.161. The molecule has 9 heteroatoms. The normalized spacial score (nSPS) is 33.2. The Morgan fingerprint density at radius 3 is 2.85 bits per heavy atom. The Labute approximate surface area is 162 Å². The average molecular weight is 404 g/mol. The van der Waals surface area contributed by atoms with Crippen molar-refractivity contribution in [3.05, 3.63) is 10.6 Å². The number of rotatable bonds is 8. The van der Waals surface area contributed by atoms with Crippen LogP contribution >= 0.6 is 23.4 Å². The first-order valence-corrected chi connectivity index (χ1v) is 10.4. The van der Waals surface area contributed by atoms with Gasteiger partial charge in [0.05, 0.1) is 23.6 Å². The number of aliphatic hydroxyl groups is 1. The van der Waals surface area contributed by atoms with E-state index >= 15 is 0 Å². The minimum Gasteiger partial charge on any atom is -0.477 e. The van der Waals surface area contributed by atoms with E-state index in [1.807, 2.05) is 6.92 Å². The van der Waals surface area contributed by atoms with Crippen molar-refractivity contribution in [2.75, 3.05) is 13.1 Å². The third kappa shape index (κ3) is 3.89. The summed E-state index contributed by atoms with van der Waals surface area (Å²) in [7, 11) is 0. The maximum Gasteiger partial charge on any atom is 0.353 e. The summed E-state index contributed by atoms with van der Waals surface area (Å²) in [5, 5.41) is 26.3. The number of nitrogens with one attached hydrogen (secondary N) is 2. The molecular formula is C17H26ClN3O4S. The fraction of sp³-hybridized carbons (Fsp3) is 0.765. The van der Waals surface area contributed by atoms with E-state index in [-0.39, 0.29) is 28.4 Å². The molecule has 0 spiro atoms. The predicted octanol–water partition coefficient (Wildman–Crippen LogP) is 0.922. The van der Waals surface area contributed by atoms with Crippen LogP contribution in [-0.4, -0.2) is 69.0 Å². The molecule has 2 saturated heterocycles. The highest BCUT2D eigenvalue weighted by molar-refractivity contribution is 8.03. The lowest BCUT2D eigenvalue weighted by Crippen LogP contribution is -2.61. The molecular weight excluding hydrogens is 378 g/mol. The summed E-state index contributed by atoms with van der Waals surface area (Å²) in [6.45, 7) is 5.14. The molecule has 2 fully saturated rings. The molecule has 0 aliphatic carbocycles. The highest BCUT2D eigenvalue weighted by Gasteiger charge is 2.57. The zero-order valence-corrected chi connectivity index (χ0v) is 16.5. The quantitative estimate of drug-likeness (QED) is 0.271. The molecule has 146 valence electrons. The van der Waals surface area contributed by atoms with E-state index in [1.165, 1.54) is 4.90 Å². The molecule has 0 aromatic heterocycles. The minimum atomic E-state index is -1.06. The molecule has 1 amide bonds. The summed E-state index contributed by atoms with van der Waals surface area (Å²) in [5.41, 5.74) is 0.0650. The minimum absolute atomic E-state index is 0.0488. The molecule has 3 heterocycles. The molecule has 7 nitrogen and oxygen atoms in total. The second-order valence-corrected chi connectivity index (χ2v) is 9.31. The summed E-state index contributed by atoms with van der Waals surface area (Å²) in [6.07, 6.45) is 1.70. The van der Waals surface area contributed by atoms with Crippen LogP contribution in [0.5, 0.6) is 0 Å². The molecule has 3 aliphatic heterocycles. The fourth-order valence-electron chi connectivity index (χ4n) is 4.09. The topological polar surface area (TPSA) is 102 Å². The number of thioether (sulfide) groups is 1. The Morgan fingerprint density at radius 2 is 2.23 bits per heavy atom. The number of amides is 1. The Morgan fingerprint density at radius 1 is 1.50 bits per heavy atom. The van der Waals surface area contributed by atoms with Crippen LogP contribution in [0.15, 0.2) is 10.6 Å². The van der Waals surface area contributed by atoms with Gasteiger partial charge in [0.15, 0.2) is 0 Å². The van der Waals surface area contributed by atoms with Gasteiger partial charge in [-0.25, -0.2) is 4.79 Å². The van der Waals surface area contributed by atoms with Gasteiger partial charge in [-0.1, -0.05) is 0 Å². The van der Waals surface area contributed by atoms with E-state index in [4.69, 9.17) is 11.6 Å². The van der Waals surface area contributed by atoms with Crippen molar-refractivity contribution in [1.29, 1.82) is 0 Å². The van der Waals surface area contributed by atoms with Crippen LogP contribution in [0.1, 0.15) is 33.1 Å². The fourth-order valence-corrected chi connectivity index (χ4v) is 5.67. The number of nitrogens with zero attached hydrogens (tertiary/aromatic N) is 1. The number of hydrogen-bond donors (Lipinski definition) is 4. The van der Waals surface area contributed by atoms with Gasteiger partial charge in [0.25, 0.3) is 0 Å². The van der Waals surface area contributed by atoms with Crippen LogP contribution in [0.2, 0.25) is 0 Å². The largest absolute Gasteiger partial charge is 0.477 e. The molecule has 0 bridgehead atoms. The van der Waals surface area contributed by atoms with Crippen LogP contribution in [0.4, 0.5) is 0 Å². The number of carbonyl (C=O) groups is 2. The van der Waals surface area contributed by atoms with Crippen molar-refractivity contribution in [2.24, 2.45) is 5.92 Å². The summed E-state index contributed by atoms with van der Waals surface area (Å²) >= 11 is 7.45. The van der Waals surface area contributed by atoms with Gasteiger partial charge >= 0.3 is 5.97 Å². The molecule has 26 heavy (non-hydrogen) atoms. The second-order valence-electron chi connectivity index (χ2n) is 7.26. The number of halogens is 1. The van der Waals surface area contributed by atoms with Crippen molar-refractivity contribution in [3.63, 3.8) is 0 Å². The lowest BCUT2D eigenvalue weighted by atomic mass is 9.83.